The molecule has 124 valence electrons. The van der Waals surface area contributed by atoms with Crippen molar-refractivity contribution in [1.82, 2.24) is 10.3 Å². The van der Waals surface area contributed by atoms with Crippen molar-refractivity contribution in [3.63, 3.8) is 0 Å². The van der Waals surface area contributed by atoms with Crippen molar-refractivity contribution in [1.29, 1.82) is 0 Å². The van der Waals surface area contributed by atoms with Crippen molar-refractivity contribution >= 4 is 11.6 Å². The second kappa shape index (κ2) is 7.62. The fourth-order valence-corrected chi connectivity index (χ4v) is 3.54. The minimum absolute atomic E-state index is 0.194. The first-order chi connectivity index (χ1) is 11.2. The number of pyridine rings is 1. The van der Waals surface area contributed by atoms with E-state index in [1.54, 1.807) is 0 Å². The van der Waals surface area contributed by atoms with Crippen molar-refractivity contribution in [3.8, 4) is 0 Å². The summed E-state index contributed by atoms with van der Waals surface area (Å²) in [5.41, 5.74) is 2.34. The van der Waals surface area contributed by atoms with Crippen LogP contribution >= 0.6 is 0 Å². The minimum atomic E-state index is 0.194. The lowest BCUT2D eigenvalue weighted by Crippen LogP contribution is -2.40. The molecule has 1 aromatic rings. The SMILES string of the molecule is Cc1cc(N2CCC(CNC(=O)[C@@H]3CC=CCC3)CC2)ccn1. The highest BCUT2D eigenvalue weighted by molar-refractivity contribution is 5.78. The number of hydrogen-bond donors (Lipinski definition) is 1. The summed E-state index contributed by atoms with van der Waals surface area (Å²) >= 11 is 0. The third-order valence-corrected chi connectivity index (χ3v) is 5.06. The molecular weight excluding hydrogens is 286 g/mol. The van der Waals surface area contributed by atoms with E-state index in [2.05, 4.69) is 39.5 Å². The number of hydrogen-bond acceptors (Lipinski definition) is 3. The molecule has 2 aliphatic rings. The van der Waals surface area contributed by atoms with Crippen LogP contribution in [0.5, 0.6) is 0 Å². The molecule has 1 atom stereocenters. The minimum Gasteiger partial charge on any atom is -0.371 e. The van der Waals surface area contributed by atoms with Crippen molar-refractivity contribution in [2.75, 3.05) is 24.5 Å². The Balaban J connectivity index is 1.42. The van der Waals surface area contributed by atoms with Crippen LogP contribution in [-0.4, -0.2) is 30.5 Å². The molecule has 1 aliphatic heterocycles. The normalized spacial score (nSPS) is 22.1. The quantitative estimate of drug-likeness (QED) is 0.869. The van der Waals surface area contributed by atoms with Crippen molar-refractivity contribution in [3.05, 3.63) is 36.2 Å². The van der Waals surface area contributed by atoms with Gasteiger partial charge in [0.25, 0.3) is 0 Å². The van der Waals surface area contributed by atoms with Gasteiger partial charge in [-0.3, -0.25) is 9.78 Å². The molecule has 0 saturated carbocycles. The van der Waals surface area contributed by atoms with E-state index in [9.17, 15) is 4.79 Å². The van der Waals surface area contributed by atoms with Crippen LogP contribution in [0.2, 0.25) is 0 Å². The van der Waals surface area contributed by atoms with Crippen LogP contribution in [0, 0.1) is 18.8 Å². The van der Waals surface area contributed by atoms with Crippen molar-refractivity contribution < 1.29 is 4.79 Å². The summed E-state index contributed by atoms with van der Waals surface area (Å²) < 4.78 is 0. The van der Waals surface area contributed by atoms with E-state index in [-0.39, 0.29) is 11.8 Å². The van der Waals surface area contributed by atoms with Gasteiger partial charge in [-0.25, -0.2) is 0 Å². The lowest BCUT2D eigenvalue weighted by atomic mass is 9.92. The highest BCUT2D eigenvalue weighted by Crippen LogP contribution is 2.23. The Morgan fingerprint density at radius 1 is 1.30 bits per heavy atom. The highest BCUT2D eigenvalue weighted by atomic mass is 16.1. The third-order valence-electron chi connectivity index (χ3n) is 5.06. The second-order valence-electron chi connectivity index (χ2n) is 6.81. The van der Waals surface area contributed by atoms with Gasteiger partial charge >= 0.3 is 0 Å². The summed E-state index contributed by atoms with van der Waals surface area (Å²) in [6.45, 7) is 5.00. The molecule has 1 aliphatic carbocycles. The van der Waals surface area contributed by atoms with Crippen LogP contribution in [0.1, 0.15) is 37.8 Å². The van der Waals surface area contributed by atoms with E-state index in [0.717, 1.165) is 57.4 Å². The van der Waals surface area contributed by atoms with Gasteiger partial charge in [-0.15, -0.1) is 0 Å². The van der Waals surface area contributed by atoms with Gasteiger partial charge in [0.15, 0.2) is 0 Å². The van der Waals surface area contributed by atoms with Crippen LogP contribution in [0.3, 0.4) is 0 Å². The first kappa shape index (κ1) is 16.0. The molecule has 1 saturated heterocycles. The maximum absolute atomic E-state index is 12.2. The predicted octanol–water partition coefficient (Wildman–Crippen LogP) is 3.08. The number of amides is 1. The second-order valence-corrected chi connectivity index (χ2v) is 6.81. The zero-order chi connectivity index (χ0) is 16.1. The molecule has 0 spiro atoms. The predicted molar refractivity (Wildman–Crippen MR) is 93.4 cm³/mol. The van der Waals surface area contributed by atoms with E-state index < -0.39 is 0 Å². The lowest BCUT2D eigenvalue weighted by Gasteiger charge is -2.34. The van der Waals surface area contributed by atoms with E-state index in [0.29, 0.717) is 5.92 Å². The van der Waals surface area contributed by atoms with Gasteiger partial charge in [0, 0.05) is 43.1 Å². The van der Waals surface area contributed by atoms with Gasteiger partial charge in [0.1, 0.15) is 0 Å². The number of aromatic nitrogens is 1. The van der Waals surface area contributed by atoms with Crippen LogP contribution in [0.4, 0.5) is 5.69 Å². The Labute approximate surface area is 139 Å². The van der Waals surface area contributed by atoms with E-state index >= 15 is 0 Å². The number of carbonyl (C=O) groups excluding carboxylic acids is 1. The van der Waals surface area contributed by atoms with Gasteiger partial charge < -0.3 is 10.2 Å². The maximum Gasteiger partial charge on any atom is 0.223 e. The van der Waals surface area contributed by atoms with E-state index in [4.69, 9.17) is 0 Å². The zero-order valence-electron chi connectivity index (χ0n) is 14.0. The summed E-state index contributed by atoms with van der Waals surface area (Å²) in [7, 11) is 0. The van der Waals surface area contributed by atoms with Gasteiger partial charge in [-0.1, -0.05) is 12.2 Å². The van der Waals surface area contributed by atoms with Gasteiger partial charge in [-0.2, -0.15) is 0 Å². The number of carbonyl (C=O) groups is 1. The average Bonchev–Trinajstić information content (AvgIpc) is 2.61. The van der Waals surface area contributed by atoms with Gasteiger partial charge in [-0.05, 0) is 57.1 Å². The Kier molecular flexibility index (Phi) is 5.31. The molecule has 4 nitrogen and oxygen atoms in total. The van der Waals surface area contributed by atoms with Gasteiger partial charge in [0.2, 0.25) is 5.91 Å². The fraction of sp³-hybridized carbons (Fsp3) is 0.579. The molecule has 0 unspecified atom stereocenters. The molecule has 0 bridgehead atoms. The largest absolute Gasteiger partial charge is 0.371 e. The number of piperidine rings is 1. The van der Waals surface area contributed by atoms with Crippen molar-refractivity contribution in [2.24, 2.45) is 11.8 Å². The number of nitrogens with one attached hydrogen (secondary N) is 1. The molecule has 1 fully saturated rings. The first-order valence-corrected chi connectivity index (χ1v) is 8.82. The molecule has 23 heavy (non-hydrogen) atoms. The number of nitrogens with zero attached hydrogens (tertiary/aromatic N) is 2. The van der Waals surface area contributed by atoms with E-state index in [1.807, 2.05) is 13.1 Å². The summed E-state index contributed by atoms with van der Waals surface area (Å²) in [5.74, 6) is 1.05. The third kappa shape index (κ3) is 4.34. The molecule has 0 radical (unpaired) electrons. The molecule has 1 amide bonds. The summed E-state index contributed by atoms with van der Waals surface area (Å²) in [6.07, 6.45) is 11.5. The number of aryl methyl sites for hydroxylation is 1. The lowest BCUT2D eigenvalue weighted by molar-refractivity contribution is -0.125. The van der Waals surface area contributed by atoms with Gasteiger partial charge in [0.05, 0.1) is 0 Å². The molecular formula is C19H27N3O. The maximum atomic E-state index is 12.2. The topological polar surface area (TPSA) is 45.2 Å². The van der Waals surface area contributed by atoms with E-state index in [1.165, 1.54) is 5.69 Å². The average molecular weight is 313 g/mol. The Hall–Kier alpha value is -1.84. The Bertz CT molecular complexity index is 561. The summed E-state index contributed by atoms with van der Waals surface area (Å²) in [4.78, 5) is 18.9. The number of rotatable bonds is 4. The fourth-order valence-electron chi connectivity index (χ4n) is 3.54. The zero-order valence-corrected chi connectivity index (χ0v) is 14.0. The standard InChI is InChI=1S/C19H27N3O/c1-15-13-18(7-10-20-15)22-11-8-16(9-12-22)14-21-19(23)17-5-3-2-4-6-17/h2-3,7,10,13,16-17H,4-6,8-9,11-12,14H2,1H3,(H,21,23)/t17-/m1/s1. The molecule has 2 heterocycles. The van der Waals surface area contributed by atoms with Crippen LogP contribution < -0.4 is 10.2 Å². The number of allylic oxidation sites excluding steroid dienone is 2. The van der Waals surface area contributed by atoms with Crippen LogP contribution in [0.25, 0.3) is 0 Å². The number of anilines is 1. The highest BCUT2D eigenvalue weighted by Gasteiger charge is 2.22. The molecule has 0 aromatic carbocycles. The Morgan fingerprint density at radius 3 is 2.83 bits per heavy atom. The summed E-state index contributed by atoms with van der Waals surface area (Å²) in [5, 5.41) is 3.18. The first-order valence-electron chi connectivity index (χ1n) is 8.82. The molecule has 4 heteroatoms. The smallest absolute Gasteiger partial charge is 0.223 e. The molecule has 1 aromatic heterocycles. The van der Waals surface area contributed by atoms with Crippen LogP contribution in [0.15, 0.2) is 30.5 Å². The molecule has 3 rings (SSSR count). The van der Waals surface area contributed by atoms with Crippen molar-refractivity contribution in [2.45, 2.75) is 39.0 Å². The Morgan fingerprint density at radius 2 is 2.13 bits per heavy atom. The molecule has 1 N–H and O–H groups in total. The monoisotopic (exact) mass is 313 g/mol. The van der Waals surface area contributed by atoms with Crippen LogP contribution in [-0.2, 0) is 4.79 Å². The summed E-state index contributed by atoms with van der Waals surface area (Å²) in [6, 6.07) is 4.24.